The molecule has 23 heavy (non-hydrogen) atoms. The quantitative estimate of drug-likeness (QED) is 0.809. The highest BCUT2D eigenvalue weighted by Crippen LogP contribution is 2.25. The first-order valence-corrected chi connectivity index (χ1v) is 7.85. The Bertz CT molecular complexity index is 612. The van der Waals surface area contributed by atoms with Gasteiger partial charge in [-0.2, -0.15) is 4.98 Å². The molecule has 7 heteroatoms. The van der Waals surface area contributed by atoms with Crippen LogP contribution in [0.3, 0.4) is 0 Å². The van der Waals surface area contributed by atoms with Gasteiger partial charge >= 0.3 is 0 Å². The molecule has 0 saturated carbocycles. The van der Waals surface area contributed by atoms with Crippen LogP contribution < -0.4 is 4.90 Å². The molecule has 1 unspecified atom stereocenters. The lowest BCUT2D eigenvalue weighted by atomic mass is 10.0. The van der Waals surface area contributed by atoms with E-state index >= 15 is 0 Å². The summed E-state index contributed by atoms with van der Waals surface area (Å²) in [5, 5.41) is 3.87. The molecule has 2 aromatic heterocycles. The number of anilines is 1. The van der Waals surface area contributed by atoms with Crippen LogP contribution >= 0.6 is 0 Å². The fraction of sp³-hybridized carbons (Fsp3) is 0.562. The maximum Gasteiger partial charge on any atom is 0.259 e. The summed E-state index contributed by atoms with van der Waals surface area (Å²) in [6.07, 6.45) is 5.35. The minimum atomic E-state index is 0.335. The van der Waals surface area contributed by atoms with E-state index in [9.17, 15) is 0 Å². The summed E-state index contributed by atoms with van der Waals surface area (Å²) in [5.41, 5.74) is 0.809. The zero-order valence-corrected chi connectivity index (χ0v) is 13.6. The molecule has 1 aliphatic rings. The highest BCUT2D eigenvalue weighted by molar-refractivity contribution is 5.55. The predicted octanol–water partition coefficient (Wildman–Crippen LogP) is 2.28. The van der Waals surface area contributed by atoms with Gasteiger partial charge in [-0.1, -0.05) is 5.16 Å². The number of ether oxygens (including phenoxy) is 2. The van der Waals surface area contributed by atoms with Gasteiger partial charge in [-0.3, -0.25) is 0 Å². The topological polar surface area (TPSA) is 73.5 Å². The second-order valence-corrected chi connectivity index (χ2v) is 5.65. The number of pyridine rings is 1. The van der Waals surface area contributed by atoms with Crippen molar-refractivity contribution in [3.05, 3.63) is 24.2 Å². The van der Waals surface area contributed by atoms with E-state index in [1.807, 2.05) is 12.1 Å². The van der Waals surface area contributed by atoms with E-state index in [1.54, 1.807) is 20.4 Å². The lowest BCUT2D eigenvalue weighted by Crippen LogP contribution is -2.42. The first-order chi connectivity index (χ1) is 11.3. The van der Waals surface area contributed by atoms with Crippen molar-refractivity contribution in [3.63, 3.8) is 0 Å². The molecule has 7 nitrogen and oxygen atoms in total. The monoisotopic (exact) mass is 318 g/mol. The zero-order valence-electron chi connectivity index (χ0n) is 13.6. The highest BCUT2D eigenvalue weighted by atomic mass is 16.5. The highest BCUT2D eigenvalue weighted by Gasteiger charge is 2.23. The summed E-state index contributed by atoms with van der Waals surface area (Å²) in [5.74, 6) is 1.96. The molecular weight excluding hydrogens is 296 g/mol. The molecule has 0 aromatic carbocycles. The fourth-order valence-corrected chi connectivity index (χ4v) is 2.91. The second-order valence-electron chi connectivity index (χ2n) is 5.65. The number of hydrogen-bond acceptors (Lipinski definition) is 7. The summed E-state index contributed by atoms with van der Waals surface area (Å²) < 4.78 is 15.6. The number of nitrogens with zero attached hydrogens (tertiary/aromatic N) is 4. The van der Waals surface area contributed by atoms with E-state index in [4.69, 9.17) is 14.0 Å². The third kappa shape index (κ3) is 3.68. The van der Waals surface area contributed by atoms with Crippen molar-refractivity contribution in [1.29, 1.82) is 0 Å². The SMILES string of the molecule is COCc1noc(-c2ccc(N3CCCCC3COC)nc2)n1. The average molecular weight is 318 g/mol. The number of aromatic nitrogens is 3. The van der Waals surface area contributed by atoms with E-state index in [0.29, 0.717) is 24.4 Å². The Kier molecular flexibility index (Phi) is 5.19. The summed E-state index contributed by atoms with van der Waals surface area (Å²) >= 11 is 0. The number of methoxy groups -OCH3 is 2. The molecule has 1 atom stereocenters. The van der Waals surface area contributed by atoms with Crippen LogP contribution in [0.2, 0.25) is 0 Å². The Morgan fingerprint density at radius 3 is 2.91 bits per heavy atom. The standard InChI is InChI=1S/C16H22N4O3/c1-21-10-13-5-3-4-8-20(13)15-7-6-12(9-17-15)16-18-14(11-22-2)19-23-16/h6-7,9,13H,3-5,8,10-11H2,1-2H3. The van der Waals surface area contributed by atoms with Gasteiger partial charge in [0.2, 0.25) is 0 Å². The smallest absolute Gasteiger partial charge is 0.259 e. The van der Waals surface area contributed by atoms with Gasteiger partial charge < -0.3 is 18.9 Å². The molecule has 0 aliphatic carbocycles. The van der Waals surface area contributed by atoms with Gasteiger partial charge in [0.25, 0.3) is 5.89 Å². The van der Waals surface area contributed by atoms with Gasteiger partial charge in [-0.25, -0.2) is 4.98 Å². The van der Waals surface area contributed by atoms with Crippen LogP contribution in [-0.2, 0) is 16.1 Å². The Balaban J connectivity index is 1.75. The average Bonchev–Trinajstić information content (AvgIpc) is 3.05. The first kappa shape index (κ1) is 15.9. The molecule has 0 bridgehead atoms. The third-order valence-electron chi connectivity index (χ3n) is 4.02. The fourth-order valence-electron chi connectivity index (χ4n) is 2.91. The summed E-state index contributed by atoms with van der Waals surface area (Å²) in [4.78, 5) is 11.2. The van der Waals surface area contributed by atoms with Crippen LogP contribution in [0.4, 0.5) is 5.82 Å². The summed E-state index contributed by atoms with van der Waals surface area (Å²) in [7, 11) is 3.35. The molecule has 1 fully saturated rings. The third-order valence-corrected chi connectivity index (χ3v) is 4.02. The van der Waals surface area contributed by atoms with Gasteiger partial charge in [-0.05, 0) is 31.4 Å². The zero-order chi connectivity index (χ0) is 16.1. The van der Waals surface area contributed by atoms with Crippen molar-refractivity contribution in [1.82, 2.24) is 15.1 Å². The summed E-state index contributed by atoms with van der Waals surface area (Å²) in [6, 6.07) is 4.36. The van der Waals surface area contributed by atoms with Crippen molar-refractivity contribution in [2.24, 2.45) is 0 Å². The van der Waals surface area contributed by atoms with E-state index in [2.05, 4.69) is 20.0 Å². The molecule has 1 saturated heterocycles. The minimum Gasteiger partial charge on any atom is -0.383 e. The first-order valence-electron chi connectivity index (χ1n) is 7.85. The van der Waals surface area contributed by atoms with Gasteiger partial charge in [0.1, 0.15) is 12.4 Å². The van der Waals surface area contributed by atoms with E-state index in [-0.39, 0.29) is 0 Å². The molecule has 0 amide bonds. The molecule has 0 radical (unpaired) electrons. The molecule has 1 aliphatic heterocycles. The van der Waals surface area contributed by atoms with Crippen molar-refractivity contribution in [3.8, 4) is 11.5 Å². The Morgan fingerprint density at radius 2 is 2.17 bits per heavy atom. The number of piperidine rings is 1. The molecule has 0 spiro atoms. The van der Waals surface area contributed by atoms with Crippen LogP contribution in [-0.4, -0.2) is 48.5 Å². The largest absolute Gasteiger partial charge is 0.383 e. The lowest BCUT2D eigenvalue weighted by molar-refractivity contribution is 0.166. The number of hydrogen-bond donors (Lipinski definition) is 0. The maximum atomic E-state index is 5.34. The van der Waals surface area contributed by atoms with Gasteiger partial charge in [0.05, 0.1) is 18.2 Å². The predicted molar refractivity (Wildman–Crippen MR) is 85.1 cm³/mol. The molecule has 124 valence electrons. The van der Waals surface area contributed by atoms with Crippen molar-refractivity contribution >= 4 is 5.82 Å². The van der Waals surface area contributed by atoms with Crippen LogP contribution in [0.1, 0.15) is 25.1 Å². The Morgan fingerprint density at radius 1 is 1.26 bits per heavy atom. The number of rotatable bonds is 6. The Labute approximate surface area is 135 Å². The van der Waals surface area contributed by atoms with Crippen LogP contribution in [0.5, 0.6) is 0 Å². The van der Waals surface area contributed by atoms with Crippen LogP contribution in [0.15, 0.2) is 22.9 Å². The normalized spacial score (nSPS) is 18.3. The van der Waals surface area contributed by atoms with Crippen molar-refractivity contribution in [2.45, 2.75) is 31.9 Å². The second kappa shape index (κ2) is 7.52. The van der Waals surface area contributed by atoms with Crippen LogP contribution in [0.25, 0.3) is 11.5 Å². The molecule has 2 aromatic rings. The van der Waals surface area contributed by atoms with Gasteiger partial charge in [-0.15, -0.1) is 0 Å². The Hall–Kier alpha value is -1.99. The maximum absolute atomic E-state index is 5.34. The van der Waals surface area contributed by atoms with Crippen molar-refractivity contribution < 1.29 is 14.0 Å². The van der Waals surface area contributed by atoms with Crippen LogP contribution in [0, 0.1) is 0 Å². The minimum absolute atomic E-state index is 0.335. The van der Waals surface area contributed by atoms with Crippen molar-refractivity contribution in [2.75, 3.05) is 32.3 Å². The lowest BCUT2D eigenvalue weighted by Gasteiger charge is -2.36. The molecule has 3 rings (SSSR count). The molecule has 3 heterocycles. The van der Waals surface area contributed by atoms with Gasteiger partial charge in [0, 0.05) is 27.0 Å². The molecular formula is C16H22N4O3. The van der Waals surface area contributed by atoms with Gasteiger partial charge in [0.15, 0.2) is 5.82 Å². The van der Waals surface area contributed by atoms with E-state index < -0.39 is 0 Å². The summed E-state index contributed by atoms with van der Waals surface area (Å²) in [6.45, 7) is 2.08. The van der Waals surface area contributed by atoms with E-state index in [1.165, 1.54) is 12.8 Å². The molecule has 0 N–H and O–H groups in total. The van der Waals surface area contributed by atoms with E-state index in [0.717, 1.165) is 31.0 Å².